The summed E-state index contributed by atoms with van der Waals surface area (Å²) in [7, 11) is 1.53. The summed E-state index contributed by atoms with van der Waals surface area (Å²) < 4.78 is 11.5. The summed E-state index contributed by atoms with van der Waals surface area (Å²) in [6.45, 7) is 0.357. The standard InChI is InChI=1S/C39H37N5O6/c1-49-33-22-26(16-21-32(33)50-24-25-10-4-2-5-11-25)23-34(45)43-31-15-9-8-14-30(31)36(42-29-19-17-28(18-20-29)37(40)41)38(46)44-35(39(47)48)27-12-6-3-7-13-27/h2-22,35-36,42H,23-24H2,1H3,(H3,40,41)(H,43,45)(H,44,46)(H,47,48)/t35-,36+/m0/s1. The van der Waals surface area contributed by atoms with Crippen molar-refractivity contribution in [3.63, 3.8) is 0 Å². The molecule has 0 spiro atoms. The minimum atomic E-state index is -1.33. The Morgan fingerprint density at radius 3 is 2.10 bits per heavy atom. The number of aliphatic carboxylic acids is 1. The number of amides is 2. The number of carboxylic acids is 1. The molecule has 0 aliphatic rings. The highest BCUT2D eigenvalue weighted by atomic mass is 16.5. The summed E-state index contributed by atoms with van der Waals surface area (Å²) in [5, 5.41) is 26.4. The van der Waals surface area contributed by atoms with E-state index in [2.05, 4.69) is 16.0 Å². The van der Waals surface area contributed by atoms with Crippen LogP contribution in [0, 0.1) is 5.41 Å². The zero-order valence-corrected chi connectivity index (χ0v) is 27.3. The van der Waals surface area contributed by atoms with Crippen LogP contribution < -0.4 is 31.2 Å². The second-order valence-electron chi connectivity index (χ2n) is 11.3. The molecule has 0 aromatic heterocycles. The average molecular weight is 672 g/mol. The maximum atomic E-state index is 14.0. The fraction of sp³-hybridized carbons (Fsp3) is 0.128. The smallest absolute Gasteiger partial charge is 0.330 e. The number of hydrogen-bond donors (Lipinski definition) is 6. The highest BCUT2D eigenvalue weighted by Gasteiger charge is 2.29. The Morgan fingerprint density at radius 1 is 0.780 bits per heavy atom. The fourth-order valence-electron chi connectivity index (χ4n) is 5.27. The molecule has 0 bridgehead atoms. The number of methoxy groups -OCH3 is 1. The molecule has 0 saturated carbocycles. The molecule has 50 heavy (non-hydrogen) atoms. The molecule has 2 amide bonds. The summed E-state index contributed by atoms with van der Waals surface area (Å²) in [5.41, 5.74) is 9.43. The number of anilines is 2. The van der Waals surface area contributed by atoms with Crippen LogP contribution in [0.2, 0.25) is 0 Å². The topological polar surface area (TPSA) is 176 Å². The van der Waals surface area contributed by atoms with Gasteiger partial charge in [-0.05, 0) is 59.2 Å². The van der Waals surface area contributed by atoms with E-state index in [1.807, 2.05) is 30.3 Å². The molecule has 0 radical (unpaired) electrons. The van der Waals surface area contributed by atoms with Gasteiger partial charge in [-0.2, -0.15) is 0 Å². The van der Waals surface area contributed by atoms with Crippen molar-refractivity contribution in [2.45, 2.75) is 25.1 Å². The SMILES string of the molecule is COc1cc(CC(=O)Nc2ccccc2[C@@H](Nc2ccc(C(=N)N)cc2)C(=O)N[C@H](C(=O)O)c2ccccc2)ccc1OCc1ccccc1. The number of benzene rings is 5. The Kier molecular flexibility index (Phi) is 11.4. The van der Waals surface area contributed by atoms with Crippen LogP contribution >= 0.6 is 0 Å². The fourth-order valence-corrected chi connectivity index (χ4v) is 5.27. The maximum absolute atomic E-state index is 14.0. The lowest BCUT2D eigenvalue weighted by Crippen LogP contribution is -2.39. The molecular formula is C39H37N5O6. The minimum Gasteiger partial charge on any atom is -0.493 e. The normalized spacial score (nSPS) is 11.8. The summed E-state index contributed by atoms with van der Waals surface area (Å²) in [4.78, 5) is 39.6. The third-order valence-corrected chi connectivity index (χ3v) is 7.81. The zero-order valence-electron chi connectivity index (χ0n) is 27.3. The van der Waals surface area contributed by atoms with Gasteiger partial charge >= 0.3 is 5.97 Å². The molecule has 11 heteroatoms. The number of rotatable bonds is 15. The molecule has 11 nitrogen and oxygen atoms in total. The van der Waals surface area contributed by atoms with Crippen molar-refractivity contribution in [2.24, 2.45) is 5.73 Å². The van der Waals surface area contributed by atoms with Crippen LogP contribution in [-0.4, -0.2) is 35.8 Å². The molecule has 0 heterocycles. The van der Waals surface area contributed by atoms with Crippen LogP contribution in [-0.2, 0) is 27.4 Å². The molecule has 0 aliphatic heterocycles. The number of carbonyl (C=O) groups is 3. The van der Waals surface area contributed by atoms with E-state index in [9.17, 15) is 19.5 Å². The lowest BCUT2D eigenvalue weighted by Gasteiger charge is -2.25. The highest BCUT2D eigenvalue weighted by molar-refractivity contribution is 5.97. The van der Waals surface area contributed by atoms with Crippen molar-refractivity contribution < 1.29 is 29.0 Å². The largest absolute Gasteiger partial charge is 0.493 e. The van der Waals surface area contributed by atoms with E-state index in [1.54, 1.807) is 97.1 Å². The van der Waals surface area contributed by atoms with Gasteiger partial charge in [-0.3, -0.25) is 15.0 Å². The van der Waals surface area contributed by atoms with Crippen molar-refractivity contribution in [3.05, 3.63) is 155 Å². The molecule has 0 saturated heterocycles. The quantitative estimate of drug-likeness (QED) is 0.0595. The molecule has 5 rings (SSSR count). The number of para-hydroxylation sites is 1. The van der Waals surface area contributed by atoms with E-state index in [0.29, 0.717) is 51.7 Å². The molecule has 0 unspecified atom stereocenters. The average Bonchev–Trinajstić information content (AvgIpc) is 3.13. The monoisotopic (exact) mass is 671 g/mol. The van der Waals surface area contributed by atoms with Gasteiger partial charge in [0.25, 0.3) is 0 Å². The molecule has 254 valence electrons. The summed E-state index contributed by atoms with van der Waals surface area (Å²) in [6, 6.07) is 34.3. The van der Waals surface area contributed by atoms with Crippen molar-refractivity contribution in [1.82, 2.24) is 5.32 Å². The second kappa shape index (κ2) is 16.5. The Labute approximate surface area is 289 Å². The number of nitrogens with one attached hydrogen (secondary N) is 4. The molecule has 5 aromatic carbocycles. The van der Waals surface area contributed by atoms with Gasteiger partial charge in [-0.1, -0.05) is 84.9 Å². The van der Waals surface area contributed by atoms with Crippen LogP contribution in [0.15, 0.2) is 127 Å². The Bertz CT molecular complexity index is 1950. The predicted molar refractivity (Wildman–Crippen MR) is 191 cm³/mol. The van der Waals surface area contributed by atoms with Crippen LogP contribution in [0.5, 0.6) is 11.5 Å². The minimum absolute atomic E-state index is 0.00441. The Hall–Kier alpha value is -6.62. The van der Waals surface area contributed by atoms with Gasteiger partial charge in [0, 0.05) is 22.5 Å². The third kappa shape index (κ3) is 9.04. The summed E-state index contributed by atoms with van der Waals surface area (Å²) >= 11 is 0. The summed E-state index contributed by atoms with van der Waals surface area (Å²) in [5.74, 6) is -1.32. The zero-order chi connectivity index (χ0) is 35.5. The molecule has 7 N–H and O–H groups in total. The molecular weight excluding hydrogens is 634 g/mol. The van der Waals surface area contributed by atoms with E-state index < -0.39 is 24.0 Å². The van der Waals surface area contributed by atoms with E-state index in [4.69, 9.17) is 20.6 Å². The number of amidine groups is 1. The van der Waals surface area contributed by atoms with Crippen molar-refractivity contribution in [3.8, 4) is 11.5 Å². The van der Waals surface area contributed by atoms with E-state index in [-0.39, 0.29) is 18.2 Å². The predicted octanol–water partition coefficient (Wildman–Crippen LogP) is 5.83. The van der Waals surface area contributed by atoms with Gasteiger partial charge < -0.3 is 36.3 Å². The van der Waals surface area contributed by atoms with E-state index >= 15 is 0 Å². The maximum Gasteiger partial charge on any atom is 0.330 e. The van der Waals surface area contributed by atoms with Gasteiger partial charge in [-0.15, -0.1) is 0 Å². The lowest BCUT2D eigenvalue weighted by atomic mass is 10.0. The number of carboxylic acid groups (broad SMARTS) is 1. The van der Waals surface area contributed by atoms with E-state index in [0.717, 1.165) is 5.56 Å². The van der Waals surface area contributed by atoms with Gasteiger partial charge in [0.05, 0.1) is 13.5 Å². The van der Waals surface area contributed by atoms with Crippen LogP contribution in [0.1, 0.15) is 39.9 Å². The number of ether oxygens (including phenoxy) is 2. The van der Waals surface area contributed by atoms with Crippen LogP contribution in [0.4, 0.5) is 11.4 Å². The lowest BCUT2D eigenvalue weighted by molar-refractivity contribution is -0.142. The first-order valence-electron chi connectivity index (χ1n) is 15.7. The first-order chi connectivity index (χ1) is 24.2. The van der Waals surface area contributed by atoms with Crippen molar-refractivity contribution >= 4 is 35.0 Å². The Morgan fingerprint density at radius 2 is 1.44 bits per heavy atom. The van der Waals surface area contributed by atoms with Crippen molar-refractivity contribution in [2.75, 3.05) is 17.7 Å². The number of nitrogens with two attached hydrogens (primary N) is 1. The molecule has 0 fully saturated rings. The summed E-state index contributed by atoms with van der Waals surface area (Å²) in [6.07, 6.45) is -0.00441. The molecule has 5 aromatic rings. The second-order valence-corrected chi connectivity index (χ2v) is 11.3. The Balaban J connectivity index is 1.37. The van der Waals surface area contributed by atoms with Gasteiger partial charge in [0.1, 0.15) is 18.5 Å². The third-order valence-electron chi connectivity index (χ3n) is 7.81. The van der Waals surface area contributed by atoms with Crippen LogP contribution in [0.25, 0.3) is 0 Å². The van der Waals surface area contributed by atoms with Gasteiger partial charge in [-0.25, -0.2) is 4.79 Å². The number of hydrogen-bond acceptors (Lipinski definition) is 7. The highest BCUT2D eigenvalue weighted by Crippen LogP contribution is 2.31. The van der Waals surface area contributed by atoms with Crippen LogP contribution in [0.3, 0.4) is 0 Å². The van der Waals surface area contributed by atoms with Gasteiger partial charge in [0.15, 0.2) is 17.5 Å². The first kappa shape index (κ1) is 34.7. The van der Waals surface area contributed by atoms with Gasteiger partial charge in [0.2, 0.25) is 11.8 Å². The number of carbonyl (C=O) groups excluding carboxylic acids is 2. The van der Waals surface area contributed by atoms with Crippen molar-refractivity contribution in [1.29, 1.82) is 5.41 Å². The first-order valence-corrected chi connectivity index (χ1v) is 15.7. The molecule has 2 atom stereocenters. The van der Waals surface area contributed by atoms with E-state index in [1.165, 1.54) is 7.11 Å². The number of nitrogen functional groups attached to an aromatic ring is 1. The molecule has 0 aliphatic carbocycles.